The summed E-state index contributed by atoms with van der Waals surface area (Å²) >= 11 is 15.2. The molecule has 0 amide bonds. The molecular formula is C59H45Cl2NOSi. The summed E-state index contributed by atoms with van der Waals surface area (Å²) in [4.78, 5) is 2.32. The quantitative estimate of drug-likeness (QED) is 0.117. The molecular weight excluding hydrogens is 838 g/mol. The van der Waals surface area contributed by atoms with Gasteiger partial charge in [-0.15, -0.1) is 0 Å². The molecule has 1 spiro atoms. The second-order valence-corrected chi connectivity index (χ2v) is 22.5. The number of anilines is 3. The minimum absolute atomic E-state index is 0.0357. The number of rotatable bonds is 7. The van der Waals surface area contributed by atoms with Gasteiger partial charge in [-0.2, -0.15) is 0 Å². The van der Waals surface area contributed by atoms with Crippen molar-refractivity contribution < 1.29 is 4.74 Å². The SMILES string of the molecule is CC(C)(C)c1ccc(N(c2ccc3c(c2)C2(c4ccccc4Oc4ccccc42)c2ccccc2-3)c2cc([Si](c3ccccc3)(c3ccccc3)c3ccccc3)cc(Cl)c2Cl)cc1. The molecule has 1 aliphatic heterocycles. The number of hydrogen-bond donors (Lipinski definition) is 0. The smallest absolute Gasteiger partial charge is 0.179 e. The Kier molecular flexibility index (Phi) is 9.77. The summed E-state index contributed by atoms with van der Waals surface area (Å²) in [5, 5.41) is 5.89. The van der Waals surface area contributed by atoms with Crippen LogP contribution in [0, 0.1) is 0 Å². The second-order valence-electron chi connectivity index (χ2n) is 17.9. The van der Waals surface area contributed by atoms with E-state index in [0.29, 0.717) is 10.0 Å². The van der Waals surface area contributed by atoms with Crippen molar-refractivity contribution in [3.8, 4) is 22.6 Å². The van der Waals surface area contributed by atoms with E-state index >= 15 is 0 Å². The van der Waals surface area contributed by atoms with Gasteiger partial charge in [-0.1, -0.05) is 214 Å². The maximum absolute atomic E-state index is 7.64. The third kappa shape index (κ3) is 6.13. The van der Waals surface area contributed by atoms with Gasteiger partial charge >= 0.3 is 0 Å². The number of para-hydroxylation sites is 2. The fourth-order valence-corrected chi connectivity index (χ4v) is 15.8. The summed E-state index contributed by atoms with van der Waals surface area (Å²) in [5.74, 6) is 1.71. The third-order valence-corrected chi connectivity index (χ3v) is 18.9. The van der Waals surface area contributed by atoms with Crippen LogP contribution >= 0.6 is 23.2 Å². The normalized spacial score (nSPS) is 13.3. The molecule has 2 aliphatic rings. The average molecular weight is 883 g/mol. The van der Waals surface area contributed by atoms with Gasteiger partial charge in [0.1, 0.15) is 11.5 Å². The van der Waals surface area contributed by atoms with Gasteiger partial charge in [-0.25, -0.2) is 0 Å². The maximum Gasteiger partial charge on any atom is 0.179 e. The number of hydrogen-bond acceptors (Lipinski definition) is 2. The van der Waals surface area contributed by atoms with Gasteiger partial charge in [-0.05, 0) is 103 Å². The van der Waals surface area contributed by atoms with Crippen molar-refractivity contribution in [1.82, 2.24) is 0 Å². The summed E-state index contributed by atoms with van der Waals surface area (Å²) in [6.45, 7) is 6.76. The Morgan fingerprint density at radius 2 is 0.906 bits per heavy atom. The highest BCUT2D eigenvalue weighted by Gasteiger charge is 2.51. The predicted octanol–water partition coefficient (Wildman–Crippen LogP) is 13.6. The predicted molar refractivity (Wildman–Crippen MR) is 271 cm³/mol. The molecule has 9 aromatic rings. The van der Waals surface area contributed by atoms with Crippen molar-refractivity contribution in [2.75, 3.05) is 4.90 Å². The molecule has 0 saturated carbocycles. The highest BCUT2D eigenvalue weighted by molar-refractivity contribution is 7.20. The van der Waals surface area contributed by atoms with Gasteiger partial charge in [0.15, 0.2) is 8.07 Å². The van der Waals surface area contributed by atoms with E-state index < -0.39 is 13.5 Å². The van der Waals surface area contributed by atoms with Gasteiger partial charge < -0.3 is 9.64 Å². The highest BCUT2D eigenvalue weighted by atomic mass is 35.5. The minimum atomic E-state index is -3.02. The van der Waals surface area contributed by atoms with E-state index in [2.05, 4.69) is 244 Å². The zero-order valence-electron chi connectivity index (χ0n) is 35.9. The lowest BCUT2D eigenvalue weighted by Crippen LogP contribution is -2.74. The van der Waals surface area contributed by atoms with Crippen LogP contribution in [0.15, 0.2) is 218 Å². The largest absolute Gasteiger partial charge is 0.457 e. The van der Waals surface area contributed by atoms with Crippen LogP contribution in [0.2, 0.25) is 10.0 Å². The van der Waals surface area contributed by atoms with Crippen LogP contribution in [-0.2, 0) is 10.8 Å². The molecule has 0 aromatic heterocycles. The average Bonchev–Trinajstić information content (AvgIpc) is 3.61. The van der Waals surface area contributed by atoms with Crippen molar-refractivity contribution in [2.24, 2.45) is 0 Å². The molecule has 9 aromatic carbocycles. The Balaban J connectivity index is 1.22. The molecule has 0 N–H and O–H groups in total. The van der Waals surface area contributed by atoms with Gasteiger partial charge in [0.05, 0.1) is 21.1 Å². The standard InChI is InChI=1S/C59H45Cl2NOSi/c1-58(2,3)40-31-33-41(34-32-40)62(54-39-46(38-53(60)57(54)61)64(43-19-7-4-8-20-43,44-21-9-5-10-22-44)45-23-11-6-12-24-45)42-35-36-48-47-25-13-14-26-49(47)59(52(48)37-42)50-27-15-17-29-55(50)63-56-30-18-16-28-51(56)59/h4-39H,1-3H3. The molecule has 2 nitrogen and oxygen atoms in total. The number of nitrogens with zero attached hydrogens (tertiary/aromatic N) is 1. The first-order chi connectivity index (χ1) is 31.2. The molecule has 0 fully saturated rings. The lowest BCUT2D eigenvalue weighted by atomic mass is 9.66. The molecule has 0 atom stereocenters. The summed E-state index contributed by atoms with van der Waals surface area (Å²) in [6.07, 6.45) is 0. The van der Waals surface area contributed by atoms with Crippen molar-refractivity contribution in [1.29, 1.82) is 0 Å². The van der Waals surface area contributed by atoms with Crippen LogP contribution in [0.4, 0.5) is 17.1 Å². The topological polar surface area (TPSA) is 12.5 Å². The van der Waals surface area contributed by atoms with Gasteiger partial charge in [0.2, 0.25) is 0 Å². The maximum atomic E-state index is 7.64. The van der Waals surface area contributed by atoms with Gasteiger partial charge in [0, 0.05) is 22.5 Å². The van der Waals surface area contributed by atoms with Gasteiger partial charge in [0.25, 0.3) is 0 Å². The van der Waals surface area contributed by atoms with Crippen molar-refractivity contribution in [3.05, 3.63) is 256 Å². The molecule has 11 rings (SSSR count). The number of ether oxygens (including phenoxy) is 1. The van der Waals surface area contributed by atoms with Crippen LogP contribution in [0.5, 0.6) is 11.5 Å². The Morgan fingerprint density at radius 3 is 1.45 bits per heavy atom. The Morgan fingerprint density at radius 1 is 0.438 bits per heavy atom. The fraction of sp³-hybridized carbons (Fsp3) is 0.0847. The van der Waals surface area contributed by atoms with Crippen molar-refractivity contribution in [2.45, 2.75) is 31.6 Å². The first kappa shape index (κ1) is 40.2. The molecule has 310 valence electrons. The highest BCUT2D eigenvalue weighted by Crippen LogP contribution is 2.62. The number of fused-ring (bicyclic) bond motifs is 9. The number of benzene rings is 9. The molecule has 1 heterocycles. The van der Waals surface area contributed by atoms with Crippen LogP contribution in [0.25, 0.3) is 11.1 Å². The van der Waals surface area contributed by atoms with E-state index in [1.165, 1.54) is 43.4 Å². The molecule has 1 aliphatic carbocycles. The van der Waals surface area contributed by atoms with E-state index in [4.69, 9.17) is 27.9 Å². The van der Waals surface area contributed by atoms with Gasteiger partial charge in [-0.3, -0.25) is 0 Å². The molecule has 0 unspecified atom stereocenters. The molecule has 0 radical (unpaired) electrons. The second kappa shape index (κ2) is 15.6. The lowest BCUT2D eigenvalue weighted by Gasteiger charge is -2.40. The molecule has 64 heavy (non-hydrogen) atoms. The van der Waals surface area contributed by atoms with Crippen LogP contribution in [0.3, 0.4) is 0 Å². The van der Waals surface area contributed by atoms with E-state index in [-0.39, 0.29) is 5.41 Å². The third-order valence-electron chi connectivity index (χ3n) is 13.4. The van der Waals surface area contributed by atoms with E-state index in [1.807, 2.05) is 0 Å². The molecule has 0 bridgehead atoms. The number of halogens is 2. The Hall–Kier alpha value is -6.62. The summed E-state index contributed by atoms with van der Waals surface area (Å²) < 4.78 is 6.69. The van der Waals surface area contributed by atoms with Crippen LogP contribution in [-0.4, -0.2) is 8.07 Å². The summed E-state index contributed by atoms with van der Waals surface area (Å²) in [6, 6.07) is 79.0. The first-order valence-electron chi connectivity index (χ1n) is 21.9. The Labute approximate surface area is 387 Å². The van der Waals surface area contributed by atoms with E-state index in [9.17, 15) is 0 Å². The molecule has 5 heteroatoms. The summed E-state index contributed by atoms with van der Waals surface area (Å²) in [5.41, 5.74) is 10.4. The monoisotopic (exact) mass is 881 g/mol. The first-order valence-corrected chi connectivity index (χ1v) is 24.6. The zero-order valence-corrected chi connectivity index (χ0v) is 38.4. The van der Waals surface area contributed by atoms with Crippen LogP contribution in [0.1, 0.15) is 48.6 Å². The van der Waals surface area contributed by atoms with Crippen molar-refractivity contribution >= 4 is 69.1 Å². The van der Waals surface area contributed by atoms with E-state index in [0.717, 1.165) is 44.9 Å². The summed E-state index contributed by atoms with van der Waals surface area (Å²) in [7, 11) is -3.02. The van der Waals surface area contributed by atoms with Crippen LogP contribution < -0.4 is 30.4 Å². The van der Waals surface area contributed by atoms with Crippen molar-refractivity contribution in [3.63, 3.8) is 0 Å². The lowest BCUT2D eigenvalue weighted by molar-refractivity contribution is 0.436. The minimum Gasteiger partial charge on any atom is -0.457 e. The fourth-order valence-electron chi connectivity index (χ4n) is 10.5. The Bertz CT molecular complexity index is 3060. The zero-order chi connectivity index (χ0) is 43.6. The van der Waals surface area contributed by atoms with E-state index in [1.54, 1.807) is 0 Å². The molecule has 0 saturated heterocycles.